The van der Waals surface area contributed by atoms with Gasteiger partial charge in [-0.05, 0) is 43.2 Å². The number of hydrogen-bond donors (Lipinski definition) is 1. The Morgan fingerprint density at radius 2 is 1.85 bits per heavy atom. The van der Waals surface area contributed by atoms with Gasteiger partial charge in [-0.25, -0.2) is 9.50 Å². The predicted octanol–water partition coefficient (Wildman–Crippen LogP) is 3.39. The molecule has 1 N–H and O–H groups in total. The van der Waals surface area contributed by atoms with Crippen LogP contribution in [-0.4, -0.2) is 25.5 Å². The first-order valence-corrected chi connectivity index (χ1v) is 8.52. The molecule has 0 spiro atoms. The Kier molecular flexibility index (Phi) is 3.88. The number of nitrogens with one attached hydrogen (secondary N) is 1. The summed E-state index contributed by atoms with van der Waals surface area (Å²) in [7, 11) is 0. The van der Waals surface area contributed by atoms with Gasteiger partial charge in [0.1, 0.15) is 0 Å². The van der Waals surface area contributed by atoms with Gasteiger partial charge in [-0.2, -0.15) is 4.98 Å². The molecule has 1 atom stereocenters. The Labute approximate surface area is 150 Å². The monoisotopic (exact) mass is 345 g/mol. The lowest BCUT2D eigenvalue weighted by atomic mass is 10.00. The number of aryl methyl sites for hydroxylation is 2. The van der Waals surface area contributed by atoms with Gasteiger partial charge >= 0.3 is 0 Å². The maximum absolute atomic E-state index is 12.7. The van der Waals surface area contributed by atoms with Gasteiger partial charge in [0.2, 0.25) is 5.82 Å². The van der Waals surface area contributed by atoms with E-state index in [2.05, 4.69) is 38.6 Å². The van der Waals surface area contributed by atoms with E-state index in [0.717, 1.165) is 27.7 Å². The molecule has 0 aliphatic carbocycles. The predicted molar refractivity (Wildman–Crippen MR) is 100 cm³/mol. The van der Waals surface area contributed by atoms with E-state index in [1.54, 1.807) is 4.52 Å². The Bertz CT molecular complexity index is 1130. The largest absolute Gasteiger partial charge is 0.343 e. The van der Waals surface area contributed by atoms with Crippen LogP contribution >= 0.6 is 0 Å². The molecule has 0 saturated heterocycles. The van der Waals surface area contributed by atoms with E-state index in [9.17, 15) is 4.79 Å². The molecule has 6 nitrogen and oxygen atoms in total. The zero-order valence-electron chi connectivity index (χ0n) is 14.9. The van der Waals surface area contributed by atoms with Gasteiger partial charge in [0.15, 0.2) is 0 Å². The van der Waals surface area contributed by atoms with E-state index in [0.29, 0.717) is 5.78 Å². The number of fused-ring (bicyclic) bond motifs is 2. The van der Waals surface area contributed by atoms with E-state index in [4.69, 9.17) is 0 Å². The minimum atomic E-state index is -0.312. The normalized spacial score (nSPS) is 12.4. The first kappa shape index (κ1) is 16.2. The third-order valence-electron chi connectivity index (χ3n) is 4.46. The van der Waals surface area contributed by atoms with Crippen molar-refractivity contribution >= 4 is 22.5 Å². The van der Waals surface area contributed by atoms with Crippen molar-refractivity contribution in [3.8, 4) is 0 Å². The van der Waals surface area contributed by atoms with E-state index < -0.39 is 0 Å². The summed E-state index contributed by atoms with van der Waals surface area (Å²) in [6, 6.07) is 16.0. The molecule has 4 aromatic rings. The molecule has 0 fully saturated rings. The number of amides is 1. The smallest absolute Gasteiger partial charge is 0.291 e. The van der Waals surface area contributed by atoms with Crippen molar-refractivity contribution in [2.24, 2.45) is 0 Å². The van der Waals surface area contributed by atoms with E-state index in [1.807, 2.05) is 51.1 Å². The molecule has 2 heterocycles. The third-order valence-corrected chi connectivity index (χ3v) is 4.46. The highest BCUT2D eigenvalue weighted by Gasteiger charge is 2.18. The fourth-order valence-corrected chi connectivity index (χ4v) is 3.23. The van der Waals surface area contributed by atoms with Gasteiger partial charge in [0.05, 0.1) is 6.04 Å². The van der Waals surface area contributed by atoms with Crippen LogP contribution in [0.5, 0.6) is 0 Å². The Morgan fingerprint density at radius 3 is 2.69 bits per heavy atom. The Balaban J connectivity index is 1.64. The third kappa shape index (κ3) is 2.79. The maximum atomic E-state index is 12.7. The highest BCUT2D eigenvalue weighted by molar-refractivity contribution is 5.92. The van der Waals surface area contributed by atoms with Crippen molar-refractivity contribution in [3.05, 3.63) is 71.3 Å². The summed E-state index contributed by atoms with van der Waals surface area (Å²) >= 11 is 0. The van der Waals surface area contributed by atoms with Crippen molar-refractivity contribution in [1.29, 1.82) is 0 Å². The average molecular weight is 345 g/mol. The van der Waals surface area contributed by atoms with Crippen LogP contribution in [0, 0.1) is 13.8 Å². The first-order chi connectivity index (χ1) is 12.5. The van der Waals surface area contributed by atoms with Crippen LogP contribution in [0.3, 0.4) is 0 Å². The molecular weight excluding hydrogens is 326 g/mol. The van der Waals surface area contributed by atoms with Gasteiger partial charge in [-0.1, -0.05) is 42.5 Å². The number of nitrogens with zero attached hydrogens (tertiary/aromatic N) is 4. The van der Waals surface area contributed by atoms with Crippen LogP contribution in [0.4, 0.5) is 0 Å². The summed E-state index contributed by atoms with van der Waals surface area (Å²) in [5, 5.41) is 9.56. The number of benzene rings is 2. The van der Waals surface area contributed by atoms with Crippen LogP contribution in [0.1, 0.15) is 40.5 Å². The summed E-state index contributed by atoms with van der Waals surface area (Å²) in [4.78, 5) is 21.3. The van der Waals surface area contributed by atoms with E-state index in [-0.39, 0.29) is 17.8 Å². The molecule has 1 amide bonds. The molecule has 0 aliphatic rings. The summed E-state index contributed by atoms with van der Waals surface area (Å²) in [5.41, 5.74) is 2.80. The highest BCUT2D eigenvalue weighted by atomic mass is 16.2. The van der Waals surface area contributed by atoms with Gasteiger partial charge in [-0.3, -0.25) is 4.79 Å². The summed E-state index contributed by atoms with van der Waals surface area (Å²) in [6.45, 7) is 5.77. The lowest BCUT2D eigenvalue weighted by Gasteiger charge is -2.15. The van der Waals surface area contributed by atoms with Crippen LogP contribution < -0.4 is 5.32 Å². The molecule has 0 saturated carbocycles. The second kappa shape index (κ2) is 6.22. The van der Waals surface area contributed by atoms with Crippen LogP contribution in [0.2, 0.25) is 0 Å². The molecule has 130 valence electrons. The van der Waals surface area contributed by atoms with Crippen molar-refractivity contribution in [2.45, 2.75) is 26.8 Å². The van der Waals surface area contributed by atoms with Crippen molar-refractivity contribution in [1.82, 2.24) is 24.9 Å². The van der Waals surface area contributed by atoms with Gasteiger partial charge in [0.25, 0.3) is 11.7 Å². The minimum absolute atomic E-state index is 0.123. The number of carbonyl (C=O) groups excluding carboxylic acids is 1. The summed E-state index contributed by atoms with van der Waals surface area (Å²) in [6.07, 6.45) is 0. The zero-order chi connectivity index (χ0) is 18.3. The summed E-state index contributed by atoms with van der Waals surface area (Å²) in [5.74, 6) is 0.247. The molecule has 2 aromatic carbocycles. The number of rotatable bonds is 3. The van der Waals surface area contributed by atoms with Crippen LogP contribution in [-0.2, 0) is 0 Å². The molecule has 0 bridgehead atoms. The zero-order valence-corrected chi connectivity index (χ0v) is 14.9. The number of hydrogen-bond acceptors (Lipinski definition) is 4. The number of aromatic nitrogens is 4. The molecule has 6 heteroatoms. The second-order valence-electron chi connectivity index (χ2n) is 6.45. The highest BCUT2D eigenvalue weighted by Crippen LogP contribution is 2.24. The Hall–Kier alpha value is -3.28. The van der Waals surface area contributed by atoms with Crippen LogP contribution in [0.15, 0.2) is 48.5 Å². The van der Waals surface area contributed by atoms with E-state index in [1.165, 1.54) is 0 Å². The fourth-order valence-electron chi connectivity index (χ4n) is 3.23. The Morgan fingerprint density at radius 1 is 1.08 bits per heavy atom. The van der Waals surface area contributed by atoms with Crippen LogP contribution in [0.25, 0.3) is 16.6 Å². The maximum Gasteiger partial charge on any atom is 0.291 e. The van der Waals surface area contributed by atoms with Gasteiger partial charge in [0, 0.05) is 11.4 Å². The quantitative estimate of drug-likeness (QED) is 0.618. The molecule has 1 unspecified atom stereocenters. The van der Waals surface area contributed by atoms with Crippen molar-refractivity contribution < 1.29 is 4.79 Å². The lowest BCUT2D eigenvalue weighted by Crippen LogP contribution is -2.27. The lowest BCUT2D eigenvalue weighted by molar-refractivity contribution is 0.0930. The molecule has 0 radical (unpaired) electrons. The van der Waals surface area contributed by atoms with E-state index >= 15 is 0 Å². The molecule has 0 aliphatic heterocycles. The van der Waals surface area contributed by atoms with Crippen molar-refractivity contribution in [3.63, 3.8) is 0 Å². The molecular formula is C20H19N5O. The average Bonchev–Trinajstić information content (AvgIpc) is 3.05. The van der Waals surface area contributed by atoms with Crippen molar-refractivity contribution in [2.75, 3.05) is 0 Å². The number of carbonyl (C=O) groups is 1. The minimum Gasteiger partial charge on any atom is -0.343 e. The summed E-state index contributed by atoms with van der Waals surface area (Å²) < 4.78 is 1.59. The fraction of sp³-hybridized carbons (Fsp3) is 0.200. The standard InChI is InChI=1S/C20H19N5O/c1-12-11-13(2)25-20(21-12)23-18(24-25)19(26)22-14(3)16-10-6-8-15-7-4-5-9-17(15)16/h4-11,14H,1-3H3,(H,22,26). The first-order valence-electron chi connectivity index (χ1n) is 8.52. The van der Waals surface area contributed by atoms with Gasteiger partial charge in [-0.15, -0.1) is 5.10 Å². The molecule has 2 aromatic heterocycles. The topological polar surface area (TPSA) is 72.2 Å². The SMILES string of the molecule is Cc1cc(C)n2nc(C(=O)NC(C)c3cccc4ccccc34)nc2n1. The molecule has 4 rings (SSSR count). The molecule has 26 heavy (non-hydrogen) atoms. The van der Waals surface area contributed by atoms with Gasteiger partial charge < -0.3 is 5.32 Å². The second-order valence-corrected chi connectivity index (χ2v) is 6.45.